The molecule has 0 atom stereocenters. The lowest BCUT2D eigenvalue weighted by atomic mass is 10.1. The monoisotopic (exact) mass is 412 g/mol. The number of hydrogen-bond donors (Lipinski definition) is 3. The maximum atomic E-state index is 15.6. The van der Waals surface area contributed by atoms with Crippen LogP contribution in [0.25, 0.3) is 56.0 Å². The van der Waals surface area contributed by atoms with Crippen LogP contribution in [0.2, 0.25) is 0 Å². The van der Waals surface area contributed by atoms with Crippen LogP contribution in [-0.4, -0.2) is 35.1 Å². The second kappa shape index (κ2) is 6.46. The van der Waals surface area contributed by atoms with Gasteiger partial charge in [0.2, 0.25) is 0 Å². The van der Waals surface area contributed by atoms with Crippen LogP contribution in [0.15, 0.2) is 59.9 Å². The largest absolute Gasteiger partial charge is 0.472 e. The molecule has 0 aliphatic carbocycles. The van der Waals surface area contributed by atoms with E-state index in [1.54, 1.807) is 36.9 Å². The normalized spacial score (nSPS) is 11.5. The van der Waals surface area contributed by atoms with E-state index in [2.05, 4.69) is 35.1 Å². The fourth-order valence-corrected chi connectivity index (χ4v) is 3.59. The molecule has 4 N–H and O–H groups in total. The zero-order valence-electron chi connectivity index (χ0n) is 15.8. The van der Waals surface area contributed by atoms with Crippen molar-refractivity contribution in [3.8, 4) is 34.0 Å². The minimum Gasteiger partial charge on any atom is -0.472 e. The van der Waals surface area contributed by atoms with Gasteiger partial charge in [-0.3, -0.25) is 20.1 Å². The lowest BCUT2D eigenvalue weighted by Crippen LogP contribution is -1.94. The smallest absolute Gasteiger partial charge is 0.161 e. The molecule has 6 heterocycles. The van der Waals surface area contributed by atoms with Gasteiger partial charge in [0, 0.05) is 29.7 Å². The van der Waals surface area contributed by atoms with Crippen molar-refractivity contribution < 1.29 is 8.81 Å². The maximum Gasteiger partial charge on any atom is 0.161 e. The third-order valence-corrected chi connectivity index (χ3v) is 5.00. The first kappa shape index (κ1) is 17.3. The number of hydrogen-bond acceptors (Lipinski definition) is 7. The lowest BCUT2D eigenvalue weighted by Gasteiger charge is -2.04. The predicted molar refractivity (Wildman–Crippen MR) is 112 cm³/mol. The summed E-state index contributed by atoms with van der Waals surface area (Å²) < 4.78 is 20.7. The molecule has 150 valence electrons. The standard InChI is InChI=1S/C21H13FN8O/c22-16-15-14(8-26-17(16)11-5-12(23)7-24-6-11)29-30-20(15)21-27-13-1-3-25-18(19(13)28-21)10-2-4-31-9-10/h1-9H,23H2,(H,27,28)(H,29,30). The Balaban J connectivity index is 1.56. The topological polar surface area (TPSA) is 135 Å². The molecule has 0 unspecified atom stereocenters. The quantitative estimate of drug-likeness (QED) is 0.401. The SMILES string of the molecule is Nc1cncc(-c2ncc3[nH]nc(-c4nc5c(-c6ccoc6)nccc5[nH]4)c3c2F)c1. The minimum absolute atomic E-state index is 0.131. The molecule has 31 heavy (non-hydrogen) atoms. The van der Waals surface area contributed by atoms with Gasteiger partial charge >= 0.3 is 0 Å². The van der Waals surface area contributed by atoms with Crippen LogP contribution in [0.5, 0.6) is 0 Å². The average molecular weight is 412 g/mol. The zero-order valence-corrected chi connectivity index (χ0v) is 15.8. The highest BCUT2D eigenvalue weighted by molar-refractivity contribution is 5.97. The van der Waals surface area contributed by atoms with E-state index in [-0.39, 0.29) is 11.1 Å². The molecule has 0 aliphatic heterocycles. The van der Waals surface area contributed by atoms with Gasteiger partial charge in [-0.05, 0) is 18.2 Å². The van der Waals surface area contributed by atoms with Crippen molar-refractivity contribution in [3.05, 3.63) is 61.3 Å². The number of nitrogens with two attached hydrogens (primary N) is 1. The van der Waals surface area contributed by atoms with Crippen molar-refractivity contribution >= 4 is 27.6 Å². The molecule has 0 saturated heterocycles. The number of anilines is 1. The van der Waals surface area contributed by atoms with E-state index in [4.69, 9.17) is 10.2 Å². The number of aromatic nitrogens is 7. The second-order valence-corrected chi connectivity index (χ2v) is 6.94. The number of fused-ring (bicyclic) bond motifs is 2. The van der Waals surface area contributed by atoms with E-state index in [1.807, 2.05) is 0 Å². The number of furan rings is 1. The summed E-state index contributed by atoms with van der Waals surface area (Å²) in [4.78, 5) is 20.5. The molecule has 6 aromatic heterocycles. The summed E-state index contributed by atoms with van der Waals surface area (Å²) in [6, 6.07) is 5.22. The predicted octanol–water partition coefficient (Wildman–Crippen LogP) is 3.94. The molecule has 6 rings (SSSR count). The second-order valence-electron chi connectivity index (χ2n) is 6.94. The first-order valence-corrected chi connectivity index (χ1v) is 9.30. The van der Waals surface area contributed by atoms with Crippen molar-refractivity contribution in [2.45, 2.75) is 0 Å². The van der Waals surface area contributed by atoms with Crippen molar-refractivity contribution in [2.75, 3.05) is 5.73 Å². The van der Waals surface area contributed by atoms with Gasteiger partial charge in [-0.25, -0.2) is 9.37 Å². The summed E-state index contributed by atoms with van der Waals surface area (Å²) in [6.07, 6.45) is 9.36. The number of aromatic amines is 2. The Morgan fingerprint density at radius 1 is 0.968 bits per heavy atom. The van der Waals surface area contributed by atoms with E-state index in [1.165, 1.54) is 18.6 Å². The van der Waals surface area contributed by atoms with Crippen LogP contribution in [0.4, 0.5) is 10.1 Å². The molecule has 0 fully saturated rings. The first-order valence-electron chi connectivity index (χ1n) is 9.30. The molecule has 0 aromatic carbocycles. The number of nitrogen functional groups attached to an aromatic ring is 1. The van der Waals surface area contributed by atoms with Crippen LogP contribution in [-0.2, 0) is 0 Å². The summed E-state index contributed by atoms with van der Waals surface area (Å²) in [5.41, 5.74) is 10.4. The van der Waals surface area contributed by atoms with E-state index in [0.717, 1.165) is 11.1 Å². The van der Waals surface area contributed by atoms with Gasteiger partial charge in [-0.2, -0.15) is 5.10 Å². The third-order valence-electron chi connectivity index (χ3n) is 5.00. The number of rotatable bonds is 3. The van der Waals surface area contributed by atoms with Gasteiger partial charge in [0.15, 0.2) is 11.6 Å². The highest BCUT2D eigenvalue weighted by Crippen LogP contribution is 2.34. The fraction of sp³-hybridized carbons (Fsp3) is 0. The highest BCUT2D eigenvalue weighted by atomic mass is 19.1. The van der Waals surface area contributed by atoms with Crippen molar-refractivity contribution in [3.63, 3.8) is 0 Å². The Kier molecular flexibility index (Phi) is 3.60. The minimum atomic E-state index is -0.540. The molecular weight excluding hydrogens is 399 g/mol. The van der Waals surface area contributed by atoms with Crippen LogP contribution in [0, 0.1) is 5.82 Å². The van der Waals surface area contributed by atoms with Crippen molar-refractivity contribution in [2.24, 2.45) is 0 Å². The van der Waals surface area contributed by atoms with Gasteiger partial charge < -0.3 is 15.1 Å². The van der Waals surface area contributed by atoms with E-state index in [9.17, 15) is 0 Å². The van der Waals surface area contributed by atoms with E-state index < -0.39 is 5.82 Å². The third kappa shape index (κ3) is 2.65. The van der Waals surface area contributed by atoms with E-state index in [0.29, 0.717) is 39.5 Å². The van der Waals surface area contributed by atoms with Gasteiger partial charge in [0.25, 0.3) is 0 Å². The lowest BCUT2D eigenvalue weighted by molar-refractivity contribution is 0.568. The molecule has 0 aliphatic rings. The Labute approximate surface area is 173 Å². The van der Waals surface area contributed by atoms with Gasteiger partial charge in [0.1, 0.15) is 22.6 Å². The summed E-state index contributed by atoms with van der Waals surface area (Å²) in [5.74, 6) is -0.136. The highest BCUT2D eigenvalue weighted by Gasteiger charge is 2.21. The number of halogens is 1. The molecule has 0 saturated carbocycles. The van der Waals surface area contributed by atoms with Crippen LogP contribution in [0.3, 0.4) is 0 Å². The Morgan fingerprint density at radius 3 is 2.74 bits per heavy atom. The Morgan fingerprint density at radius 2 is 1.90 bits per heavy atom. The van der Waals surface area contributed by atoms with Gasteiger partial charge in [0.05, 0.1) is 40.8 Å². The first-order chi connectivity index (χ1) is 15.2. The Bertz CT molecular complexity index is 1570. The molecule has 0 spiro atoms. The number of nitrogens with zero attached hydrogens (tertiary/aromatic N) is 5. The number of nitrogens with one attached hydrogen (secondary N) is 2. The van der Waals surface area contributed by atoms with E-state index >= 15 is 4.39 Å². The maximum absolute atomic E-state index is 15.6. The molecule has 10 heteroatoms. The molecule has 0 bridgehead atoms. The summed E-state index contributed by atoms with van der Waals surface area (Å²) in [6.45, 7) is 0. The van der Waals surface area contributed by atoms with Gasteiger partial charge in [-0.1, -0.05) is 0 Å². The molecule has 6 aromatic rings. The average Bonchev–Trinajstić information content (AvgIpc) is 3.52. The van der Waals surface area contributed by atoms with Gasteiger partial charge in [-0.15, -0.1) is 0 Å². The summed E-state index contributed by atoms with van der Waals surface area (Å²) in [5, 5.41) is 7.38. The molecule has 0 amide bonds. The number of H-pyrrole nitrogens is 2. The number of pyridine rings is 3. The van der Waals surface area contributed by atoms with Crippen molar-refractivity contribution in [1.82, 2.24) is 35.1 Å². The molecular formula is C21H13FN8O. The van der Waals surface area contributed by atoms with Crippen LogP contribution in [0.1, 0.15) is 0 Å². The molecule has 0 radical (unpaired) electrons. The Hall–Kier alpha value is -4.60. The number of imidazole rings is 1. The fourth-order valence-electron chi connectivity index (χ4n) is 3.59. The summed E-state index contributed by atoms with van der Waals surface area (Å²) in [7, 11) is 0. The van der Waals surface area contributed by atoms with Crippen LogP contribution >= 0.6 is 0 Å². The molecule has 9 nitrogen and oxygen atoms in total. The van der Waals surface area contributed by atoms with Crippen molar-refractivity contribution in [1.29, 1.82) is 0 Å². The summed E-state index contributed by atoms with van der Waals surface area (Å²) >= 11 is 0. The zero-order chi connectivity index (χ0) is 20.9. The van der Waals surface area contributed by atoms with Crippen LogP contribution < -0.4 is 5.73 Å².